The standard InChI is InChI=1S/C27H31N3O4/c1-5-19(6-2)29-27(32)30-20-12-15-24(25(16-20)33-4)34-21-13-10-18(11-14-21)22-8-7-9-23(17(22)3)26(28)31/h7-16,19H,5-6H2,1-4H3,(H2,28,31)(H2,29,30,32). The fraction of sp³-hybridized carbons (Fsp3) is 0.259. The van der Waals surface area contributed by atoms with Gasteiger partial charge in [0.2, 0.25) is 5.91 Å². The number of hydrogen-bond acceptors (Lipinski definition) is 4. The zero-order valence-electron chi connectivity index (χ0n) is 20.0. The number of methoxy groups -OCH3 is 1. The van der Waals surface area contributed by atoms with Crippen LogP contribution in [0, 0.1) is 6.92 Å². The molecule has 3 aromatic rings. The van der Waals surface area contributed by atoms with Crippen molar-refractivity contribution in [3.63, 3.8) is 0 Å². The van der Waals surface area contributed by atoms with Gasteiger partial charge in [-0.1, -0.05) is 38.1 Å². The Hall–Kier alpha value is -4.00. The number of anilines is 1. The minimum atomic E-state index is -0.447. The van der Waals surface area contributed by atoms with E-state index in [1.54, 1.807) is 31.4 Å². The lowest BCUT2D eigenvalue weighted by Gasteiger charge is -2.16. The van der Waals surface area contributed by atoms with Gasteiger partial charge in [0.1, 0.15) is 5.75 Å². The first-order valence-electron chi connectivity index (χ1n) is 11.3. The molecule has 0 aliphatic rings. The summed E-state index contributed by atoms with van der Waals surface area (Å²) in [4.78, 5) is 23.9. The molecule has 0 aliphatic carbocycles. The topological polar surface area (TPSA) is 103 Å². The molecule has 3 rings (SSSR count). The number of carbonyl (C=O) groups excluding carboxylic acids is 2. The van der Waals surface area contributed by atoms with E-state index < -0.39 is 5.91 Å². The molecule has 0 heterocycles. The molecule has 0 spiro atoms. The van der Waals surface area contributed by atoms with Gasteiger partial charge in [-0.2, -0.15) is 0 Å². The van der Waals surface area contributed by atoms with Crippen molar-refractivity contribution in [1.29, 1.82) is 0 Å². The molecular weight excluding hydrogens is 430 g/mol. The Balaban J connectivity index is 1.74. The maximum atomic E-state index is 12.2. The number of nitrogens with one attached hydrogen (secondary N) is 2. The monoisotopic (exact) mass is 461 g/mol. The van der Waals surface area contributed by atoms with Crippen LogP contribution in [0.25, 0.3) is 11.1 Å². The van der Waals surface area contributed by atoms with E-state index in [1.807, 2.05) is 57.2 Å². The predicted molar refractivity (Wildman–Crippen MR) is 135 cm³/mol. The fourth-order valence-electron chi connectivity index (χ4n) is 3.72. The lowest BCUT2D eigenvalue weighted by molar-refractivity contribution is 0.0999. The number of benzene rings is 3. The Kier molecular flexibility index (Phi) is 8.14. The molecule has 0 bridgehead atoms. The van der Waals surface area contributed by atoms with E-state index in [9.17, 15) is 9.59 Å². The van der Waals surface area contributed by atoms with Gasteiger partial charge in [-0.25, -0.2) is 4.79 Å². The van der Waals surface area contributed by atoms with E-state index in [1.165, 1.54) is 0 Å². The first kappa shape index (κ1) is 24.6. The molecule has 3 amide bonds. The van der Waals surface area contributed by atoms with E-state index in [-0.39, 0.29) is 12.1 Å². The molecule has 4 N–H and O–H groups in total. The molecular formula is C27H31N3O4. The van der Waals surface area contributed by atoms with Gasteiger partial charge in [0, 0.05) is 23.4 Å². The molecule has 0 aliphatic heterocycles. The molecule has 0 unspecified atom stereocenters. The van der Waals surface area contributed by atoms with Crippen LogP contribution in [-0.2, 0) is 0 Å². The van der Waals surface area contributed by atoms with Crippen LogP contribution in [0.1, 0.15) is 42.6 Å². The minimum absolute atomic E-state index is 0.134. The van der Waals surface area contributed by atoms with Gasteiger partial charge in [-0.15, -0.1) is 0 Å². The van der Waals surface area contributed by atoms with E-state index in [0.717, 1.165) is 29.5 Å². The summed E-state index contributed by atoms with van der Waals surface area (Å²) in [5, 5.41) is 5.77. The highest BCUT2D eigenvalue weighted by Crippen LogP contribution is 2.35. The molecule has 3 aromatic carbocycles. The highest BCUT2D eigenvalue weighted by atomic mass is 16.5. The number of primary amides is 1. The second-order valence-electron chi connectivity index (χ2n) is 7.95. The summed E-state index contributed by atoms with van der Waals surface area (Å²) in [5.74, 6) is 1.19. The molecule has 34 heavy (non-hydrogen) atoms. The smallest absolute Gasteiger partial charge is 0.319 e. The lowest BCUT2D eigenvalue weighted by Crippen LogP contribution is -2.37. The average molecular weight is 462 g/mol. The lowest BCUT2D eigenvalue weighted by atomic mass is 9.96. The SMILES string of the molecule is CCC(CC)NC(=O)Nc1ccc(Oc2ccc(-c3cccc(C(N)=O)c3C)cc2)c(OC)c1. The van der Waals surface area contributed by atoms with Crippen LogP contribution in [0.15, 0.2) is 60.7 Å². The predicted octanol–water partition coefficient (Wildman–Crippen LogP) is 5.87. The summed E-state index contributed by atoms with van der Waals surface area (Å²) in [6.45, 7) is 5.95. The first-order chi connectivity index (χ1) is 16.4. The van der Waals surface area contributed by atoms with Crippen molar-refractivity contribution < 1.29 is 19.1 Å². The average Bonchev–Trinajstić information content (AvgIpc) is 2.84. The molecule has 7 heteroatoms. The largest absolute Gasteiger partial charge is 0.493 e. The summed E-state index contributed by atoms with van der Waals surface area (Å²) < 4.78 is 11.5. The third-order valence-electron chi connectivity index (χ3n) is 5.73. The zero-order valence-corrected chi connectivity index (χ0v) is 20.0. The third kappa shape index (κ3) is 5.86. The minimum Gasteiger partial charge on any atom is -0.493 e. The van der Waals surface area contributed by atoms with Crippen molar-refractivity contribution >= 4 is 17.6 Å². The van der Waals surface area contributed by atoms with Crippen LogP contribution in [0.3, 0.4) is 0 Å². The molecule has 0 saturated carbocycles. The van der Waals surface area contributed by atoms with E-state index in [4.69, 9.17) is 15.2 Å². The van der Waals surface area contributed by atoms with Crippen LogP contribution in [0.5, 0.6) is 17.2 Å². The van der Waals surface area contributed by atoms with Gasteiger partial charge in [0.05, 0.1) is 7.11 Å². The Morgan fingerprint density at radius 2 is 1.68 bits per heavy atom. The summed E-state index contributed by atoms with van der Waals surface area (Å²) in [6.07, 6.45) is 1.74. The molecule has 0 saturated heterocycles. The van der Waals surface area contributed by atoms with Crippen molar-refractivity contribution in [1.82, 2.24) is 5.32 Å². The van der Waals surface area contributed by atoms with Gasteiger partial charge >= 0.3 is 6.03 Å². The second kappa shape index (κ2) is 11.2. The number of carbonyl (C=O) groups is 2. The molecule has 7 nitrogen and oxygen atoms in total. The molecule has 0 atom stereocenters. The van der Waals surface area contributed by atoms with E-state index in [2.05, 4.69) is 10.6 Å². The number of nitrogens with two attached hydrogens (primary N) is 1. The van der Waals surface area contributed by atoms with Gasteiger partial charge in [-0.05, 0) is 66.8 Å². The van der Waals surface area contributed by atoms with Crippen LogP contribution < -0.4 is 25.8 Å². The van der Waals surface area contributed by atoms with Crippen LogP contribution in [-0.4, -0.2) is 25.1 Å². The summed E-state index contributed by atoms with van der Waals surface area (Å²) in [7, 11) is 1.55. The van der Waals surface area contributed by atoms with Gasteiger partial charge < -0.3 is 25.8 Å². The highest BCUT2D eigenvalue weighted by molar-refractivity contribution is 5.96. The van der Waals surface area contributed by atoms with Crippen LogP contribution >= 0.6 is 0 Å². The second-order valence-corrected chi connectivity index (χ2v) is 7.95. The maximum Gasteiger partial charge on any atom is 0.319 e. The highest BCUT2D eigenvalue weighted by Gasteiger charge is 2.13. The Morgan fingerprint density at radius 3 is 2.29 bits per heavy atom. The summed E-state index contributed by atoms with van der Waals surface area (Å²) in [5.41, 5.74) is 9.30. The van der Waals surface area contributed by atoms with Gasteiger partial charge in [0.15, 0.2) is 11.5 Å². The van der Waals surface area contributed by atoms with Crippen molar-refractivity contribution in [2.45, 2.75) is 39.7 Å². The normalized spacial score (nSPS) is 10.6. The fourth-order valence-corrected chi connectivity index (χ4v) is 3.72. The molecule has 0 fully saturated rings. The van der Waals surface area contributed by atoms with Crippen LogP contribution in [0.4, 0.5) is 10.5 Å². The quantitative estimate of drug-likeness (QED) is 0.371. The number of rotatable bonds is 9. The number of amides is 3. The number of ether oxygens (including phenoxy) is 2. The van der Waals surface area contributed by atoms with Crippen molar-refractivity contribution in [3.8, 4) is 28.4 Å². The Labute approximate surface area is 200 Å². The number of hydrogen-bond donors (Lipinski definition) is 3. The van der Waals surface area contributed by atoms with Crippen molar-refractivity contribution in [2.75, 3.05) is 12.4 Å². The van der Waals surface area contributed by atoms with E-state index in [0.29, 0.717) is 28.5 Å². The van der Waals surface area contributed by atoms with Crippen LogP contribution in [0.2, 0.25) is 0 Å². The Morgan fingerprint density at radius 1 is 0.971 bits per heavy atom. The Bertz CT molecular complexity index is 1160. The molecule has 0 radical (unpaired) electrons. The van der Waals surface area contributed by atoms with Crippen molar-refractivity contribution in [3.05, 3.63) is 71.8 Å². The zero-order chi connectivity index (χ0) is 24.7. The first-order valence-corrected chi connectivity index (χ1v) is 11.3. The summed E-state index contributed by atoms with van der Waals surface area (Å²) in [6, 6.07) is 18.1. The number of urea groups is 1. The van der Waals surface area contributed by atoms with Gasteiger partial charge in [-0.3, -0.25) is 4.79 Å². The molecule has 0 aromatic heterocycles. The van der Waals surface area contributed by atoms with E-state index >= 15 is 0 Å². The third-order valence-corrected chi connectivity index (χ3v) is 5.73. The van der Waals surface area contributed by atoms with Gasteiger partial charge in [0.25, 0.3) is 0 Å². The maximum absolute atomic E-state index is 12.2. The van der Waals surface area contributed by atoms with Crippen molar-refractivity contribution in [2.24, 2.45) is 5.73 Å². The molecule has 178 valence electrons. The summed E-state index contributed by atoms with van der Waals surface area (Å²) >= 11 is 0.